The Morgan fingerprint density at radius 1 is 1.59 bits per heavy atom. The molecule has 0 aromatic heterocycles. The van der Waals surface area contributed by atoms with E-state index < -0.39 is 11.7 Å². The van der Waals surface area contributed by atoms with Crippen LogP contribution in [-0.4, -0.2) is 29.4 Å². The third-order valence-corrected chi connectivity index (χ3v) is 2.72. The molecule has 0 saturated carbocycles. The Labute approximate surface area is 109 Å². The number of thiocarbonyl (C=S) groups is 1. The van der Waals surface area contributed by atoms with Gasteiger partial charge in [0.2, 0.25) is 0 Å². The van der Waals surface area contributed by atoms with Crippen molar-refractivity contribution in [2.45, 2.75) is 6.42 Å². The predicted molar refractivity (Wildman–Crippen MR) is 69.8 cm³/mol. The predicted octanol–water partition coefficient (Wildman–Crippen LogP) is 2.23. The van der Waals surface area contributed by atoms with Gasteiger partial charge in [-0.2, -0.15) is 0 Å². The lowest BCUT2D eigenvalue weighted by Gasteiger charge is -2.17. The van der Waals surface area contributed by atoms with E-state index in [1.54, 1.807) is 7.05 Å². The Bertz CT molecular complexity index is 453. The minimum absolute atomic E-state index is 0.0528. The summed E-state index contributed by atoms with van der Waals surface area (Å²) in [7, 11) is 1.56. The number of hydrogen-bond donors (Lipinski definition) is 1. The van der Waals surface area contributed by atoms with E-state index in [-0.39, 0.29) is 10.6 Å². The van der Waals surface area contributed by atoms with Gasteiger partial charge in [-0.3, -0.25) is 4.79 Å². The molecule has 2 N–H and O–H groups in total. The lowest BCUT2D eigenvalue weighted by Crippen LogP contribution is -2.30. The SMILES string of the molecule is CN(CCC(N)=S)C(=O)c1cccc(Cl)c1F. The first-order valence-corrected chi connectivity index (χ1v) is 5.70. The van der Waals surface area contributed by atoms with Crippen molar-refractivity contribution in [2.24, 2.45) is 5.73 Å². The van der Waals surface area contributed by atoms with E-state index in [4.69, 9.17) is 29.6 Å². The van der Waals surface area contributed by atoms with Gasteiger partial charge in [0.05, 0.1) is 15.6 Å². The van der Waals surface area contributed by atoms with Crippen LogP contribution in [0.15, 0.2) is 18.2 Å². The van der Waals surface area contributed by atoms with Crippen LogP contribution in [0.4, 0.5) is 4.39 Å². The van der Waals surface area contributed by atoms with Crippen LogP contribution in [-0.2, 0) is 0 Å². The smallest absolute Gasteiger partial charge is 0.256 e. The highest BCUT2D eigenvalue weighted by Gasteiger charge is 2.17. The molecular weight excluding hydrogens is 263 g/mol. The van der Waals surface area contributed by atoms with Crippen LogP contribution in [0.5, 0.6) is 0 Å². The molecule has 1 amide bonds. The first-order valence-electron chi connectivity index (χ1n) is 4.91. The van der Waals surface area contributed by atoms with E-state index in [0.717, 1.165) is 0 Å². The summed E-state index contributed by atoms with van der Waals surface area (Å²) in [6.45, 7) is 0.347. The molecule has 0 heterocycles. The van der Waals surface area contributed by atoms with Crippen molar-refractivity contribution >= 4 is 34.7 Å². The van der Waals surface area contributed by atoms with Crippen molar-refractivity contribution in [1.82, 2.24) is 4.90 Å². The van der Waals surface area contributed by atoms with E-state index in [9.17, 15) is 9.18 Å². The fourth-order valence-electron chi connectivity index (χ4n) is 1.25. The van der Waals surface area contributed by atoms with Gasteiger partial charge in [-0.1, -0.05) is 29.9 Å². The lowest BCUT2D eigenvalue weighted by molar-refractivity contribution is 0.0794. The van der Waals surface area contributed by atoms with Crippen LogP contribution >= 0.6 is 23.8 Å². The van der Waals surface area contributed by atoms with E-state index >= 15 is 0 Å². The van der Waals surface area contributed by atoms with Crippen LogP contribution in [0, 0.1) is 5.82 Å². The third-order valence-electron chi connectivity index (χ3n) is 2.22. The van der Waals surface area contributed by atoms with Crippen molar-refractivity contribution < 1.29 is 9.18 Å². The van der Waals surface area contributed by atoms with Gasteiger partial charge < -0.3 is 10.6 Å². The molecule has 0 aliphatic carbocycles. The van der Waals surface area contributed by atoms with Gasteiger partial charge in [-0.05, 0) is 12.1 Å². The fourth-order valence-corrected chi connectivity index (χ4v) is 1.52. The number of amides is 1. The molecule has 92 valence electrons. The number of hydrogen-bond acceptors (Lipinski definition) is 2. The zero-order chi connectivity index (χ0) is 13.0. The summed E-state index contributed by atoms with van der Waals surface area (Å²) in [6.07, 6.45) is 0.403. The minimum Gasteiger partial charge on any atom is -0.393 e. The zero-order valence-electron chi connectivity index (χ0n) is 9.24. The Morgan fingerprint density at radius 3 is 2.82 bits per heavy atom. The van der Waals surface area contributed by atoms with E-state index in [1.807, 2.05) is 0 Å². The number of benzene rings is 1. The summed E-state index contributed by atoms with van der Waals surface area (Å²) in [5, 5.41) is -0.0707. The Hall–Kier alpha value is -1.20. The second-order valence-electron chi connectivity index (χ2n) is 3.54. The summed E-state index contributed by atoms with van der Waals surface area (Å²) >= 11 is 10.3. The second-order valence-corrected chi connectivity index (χ2v) is 4.48. The summed E-state index contributed by atoms with van der Waals surface area (Å²) in [5.41, 5.74) is 5.28. The number of nitrogens with two attached hydrogens (primary N) is 1. The highest BCUT2D eigenvalue weighted by molar-refractivity contribution is 7.80. The molecule has 0 saturated heterocycles. The van der Waals surface area contributed by atoms with E-state index in [0.29, 0.717) is 18.0 Å². The average Bonchev–Trinajstić information content (AvgIpc) is 2.28. The molecular formula is C11H12ClFN2OS. The summed E-state index contributed by atoms with van der Waals surface area (Å²) in [5.74, 6) is -1.15. The molecule has 0 radical (unpaired) electrons. The largest absolute Gasteiger partial charge is 0.393 e. The fraction of sp³-hybridized carbons (Fsp3) is 0.273. The molecule has 3 nitrogen and oxygen atoms in total. The number of halogens is 2. The molecule has 0 aliphatic heterocycles. The molecule has 0 spiro atoms. The van der Waals surface area contributed by atoms with Gasteiger partial charge in [0.1, 0.15) is 0 Å². The van der Waals surface area contributed by atoms with Crippen LogP contribution in [0.25, 0.3) is 0 Å². The molecule has 1 aromatic rings. The Morgan fingerprint density at radius 2 is 2.24 bits per heavy atom. The number of nitrogens with zero attached hydrogens (tertiary/aromatic N) is 1. The van der Waals surface area contributed by atoms with Crippen LogP contribution < -0.4 is 5.73 Å². The van der Waals surface area contributed by atoms with Gasteiger partial charge in [0.25, 0.3) is 5.91 Å². The van der Waals surface area contributed by atoms with Gasteiger partial charge in [0, 0.05) is 20.0 Å². The van der Waals surface area contributed by atoms with Crippen molar-refractivity contribution in [2.75, 3.05) is 13.6 Å². The monoisotopic (exact) mass is 274 g/mol. The number of carbonyl (C=O) groups is 1. The quantitative estimate of drug-likeness (QED) is 0.857. The maximum atomic E-state index is 13.6. The molecule has 17 heavy (non-hydrogen) atoms. The lowest BCUT2D eigenvalue weighted by atomic mass is 10.2. The van der Waals surface area contributed by atoms with Crippen LogP contribution in [0.1, 0.15) is 16.8 Å². The number of carbonyl (C=O) groups excluding carboxylic acids is 1. The highest BCUT2D eigenvalue weighted by atomic mass is 35.5. The van der Waals surface area contributed by atoms with E-state index in [1.165, 1.54) is 23.1 Å². The Balaban J connectivity index is 2.82. The molecule has 1 aromatic carbocycles. The first kappa shape index (κ1) is 13.9. The van der Waals surface area contributed by atoms with Crippen LogP contribution in [0.2, 0.25) is 5.02 Å². The second kappa shape index (κ2) is 5.93. The normalized spacial score (nSPS) is 10.1. The van der Waals surface area contributed by atoms with Crippen molar-refractivity contribution in [3.63, 3.8) is 0 Å². The van der Waals surface area contributed by atoms with Gasteiger partial charge in [0.15, 0.2) is 5.82 Å². The van der Waals surface area contributed by atoms with Gasteiger partial charge >= 0.3 is 0 Å². The first-order chi connectivity index (χ1) is 7.93. The van der Waals surface area contributed by atoms with Crippen molar-refractivity contribution in [1.29, 1.82) is 0 Å². The molecule has 0 bridgehead atoms. The molecule has 0 aliphatic rings. The van der Waals surface area contributed by atoms with Crippen molar-refractivity contribution in [3.05, 3.63) is 34.6 Å². The van der Waals surface area contributed by atoms with Gasteiger partial charge in [-0.15, -0.1) is 0 Å². The zero-order valence-corrected chi connectivity index (χ0v) is 10.8. The maximum absolute atomic E-state index is 13.6. The summed E-state index contributed by atoms with van der Waals surface area (Å²) in [6, 6.07) is 4.31. The molecule has 6 heteroatoms. The van der Waals surface area contributed by atoms with Crippen molar-refractivity contribution in [3.8, 4) is 0 Å². The maximum Gasteiger partial charge on any atom is 0.256 e. The summed E-state index contributed by atoms with van der Waals surface area (Å²) < 4.78 is 13.6. The third kappa shape index (κ3) is 3.64. The van der Waals surface area contributed by atoms with Crippen LogP contribution in [0.3, 0.4) is 0 Å². The summed E-state index contributed by atoms with van der Waals surface area (Å²) in [4.78, 5) is 13.5. The molecule has 0 unspecified atom stereocenters. The standard InChI is InChI=1S/C11H12ClFN2OS/c1-15(6-5-9(14)17)11(16)7-3-2-4-8(12)10(7)13/h2-4H,5-6H2,1H3,(H2,14,17). The molecule has 0 fully saturated rings. The topological polar surface area (TPSA) is 46.3 Å². The number of rotatable bonds is 4. The highest BCUT2D eigenvalue weighted by Crippen LogP contribution is 2.18. The molecule has 0 atom stereocenters. The average molecular weight is 275 g/mol. The van der Waals surface area contributed by atoms with Gasteiger partial charge in [-0.25, -0.2) is 4.39 Å². The minimum atomic E-state index is -0.707. The molecule has 1 rings (SSSR count). The van der Waals surface area contributed by atoms with E-state index in [2.05, 4.69) is 0 Å². The Kier molecular flexibility index (Phi) is 4.84.